The molecule has 3 atom stereocenters. The Morgan fingerprint density at radius 3 is 2.58 bits per heavy atom. The van der Waals surface area contributed by atoms with Crippen molar-refractivity contribution in [2.45, 2.75) is 50.1 Å². The second-order valence-corrected chi connectivity index (χ2v) is 9.39. The maximum Gasteiger partial charge on any atom is 0.321 e. The zero-order chi connectivity index (χ0) is 22.8. The zero-order valence-corrected chi connectivity index (χ0v) is 18.9. The summed E-state index contributed by atoms with van der Waals surface area (Å²) in [5, 5.41) is 12.9. The lowest BCUT2D eigenvalue weighted by Gasteiger charge is -2.57. The highest BCUT2D eigenvalue weighted by Crippen LogP contribution is 2.42. The van der Waals surface area contributed by atoms with Crippen molar-refractivity contribution in [3.05, 3.63) is 71.6 Å². The third-order valence-corrected chi connectivity index (χ3v) is 7.48. The van der Waals surface area contributed by atoms with Crippen LogP contribution in [0.1, 0.15) is 49.1 Å². The topological polar surface area (TPSA) is 55.8 Å². The van der Waals surface area contributed by atoms with E-state index in [1.54, 1.807) is 18.2 Å². The summed E-state index contributed by atoms with van der Waals surface area (Å²) in [7, 11) is 0. The van der Waals surface area contributed by atoms with E-state index in [-0.39, 0.29) is 36.3 Å². The maximum atomic E-state index is 14.1. The molecule has 0 spiro atoms. The minimum Gasteiger partial charge on any atom is -0.395 e. The highest BCUT2D eigenvalue weighted by Gasteiger charge is 2.49. The van der Waals surface area contributed by atoms with Crippen LogP contribution in [0.3, 0.4) is 0 Å². The van der Waals surface area contributed by atoms with Gasteiger partial charge in [-0.05, 0) is 67.5 Å². The standard InChI is InChI=1S/C27H32FN3O2/c28-22-9-3-4-10-23(22)29-27(33)30-15-5-6-16-31-24(17-30)26(25(31)18-32)21-13-11-20(12-14-21)19-7-1-2-8-19/h3-4,7,9-14,24-26,32H,1-2,5-6,8,15-18H2,(H,29,33)/t24-,25-,26-/m0/s1. The van der Waals surface area contributed by atoms with Gasteiger partial charge in [-0.2, -0.15) is 0 Å². The molecule has 0 saturated carbocycles. The van der Waals surface area contributed by atoms with Gasteiger partial charge in [-0.25, -0.2) is 9.18 Å². The molecule has 0 bridgehead atoms. The fourth-order valence-corrected chi connectivity index (χ4v) is 5.73. The third kappa shape index (κ3) is 4.42. The predicted molar refractivity (Wildman–Crippen MR) is 129 cm³/mol. The molecular formula is C27H32FN3O2. The quantitative estimate of drug-likeness (QED) is 0.702. The Hall–Kier alpha value is -2.70. The van der Waals surface area contributed by atoms with Gasteiger partial charge in [0.25, 0.3) is 0 Å². The van der Waals surface area contributed by atoms with Crippen LogP contribution >= 0.6 is 0 Å². The van der Waals surface area contributed by atoms with Crippen molar-refractivity contribution in [3.8, 4) is 0 Å². The Labute approximate surface area is 194 Å². The molecule has 2 N–H and O–H groups in total. The van der Waals surface area contributed by atoms with E-state index < -0.39 is 5.82 Å². The molecule has 0 aromatic heterocycles. The monoisotopic (exact) mass is 449 g/mol. The molecule has 33 heavy (non-hydrogen) atoms. The van der Waals surface area contributed by atoms with Crippen molar-refractivity contribution in [1.82, 2.24) is 9.80 Å². The van der Waals surface area contributed by atoms with Crippen LogP contribution in [0, 0.1) is 5.82 Å². The summed E-state index contributed by atoms with van der Waals surface area (Å²) in [5.41, 5.74) is 4.14. The molecule has 6 heteroatoms. The normalized spacial score (nSPS) is 25.5. The number of anilines is 1. The zero-order valence-electron chi connectivity index (χ0n) is 18.9. The molecular weight excluding hydrogens is 417 g/mol. The van der Waals surface area contributed by atoms with Crippen LogP contribution in [0.15, 0.2) is 54.6 Å². The van der Waals surface area contributed by atoms with Crippen LogP contribution in [-0.4, -0.2) is 59.3 Å². The van der Waals surface area contributed by atoms with Crippen molar-refractivity contribution >= 4 is 17.3 Å². The van der Waals surface area contributed by atoms with Gasteiger partial charge in [0.1, 0.15) is 5.82 Å². The van der Waals surface area contributed by atoms with E-state index in [0.717, 1.165) is 32.2 Å². The number of para-hydroxylation sites is 1. The van der Waals surface area contributed by atoms with Crippen LogP contribution in [0.25, 0.3) is 5.57 Å². The second kappa shape index (κ2) is 9.65. The SMILES string of the molecule is O=C(Nc1ccccc1F)N1CCCCN2[C@@H](CO)[C@@H](c3ccc(C4=CCCC4)cc3)[C@@H]2C1. The number of urea groups is 1. The van der Waals surface area contributed by atoms with Gasteiger partial charge in [-0.1, -0.05) is 42.5 Å². The number of hydrogen-bond donors (Lipinski definition) is 2. The Bertz CT molecular complexity index is 1020. The molecule has 2 fully saturated rings. The molecule has 0 radical (unpaired) electrons. The number of nitrogens with zero attached hydrogens (tertiary/aromatic N) is 2. The molecule has 2 saturated heterocycles. The smallest absolute Gasteiger partial charge is 0.321 e. The van der Waals surface area contributed by atoms with Gasteiger partial charge < -0.3 is 15.3 Å². The number of halogens is 1. The first-order valence-corrected chi connectivity index (χ1v) is 12.1. The molecule has 3 aliphatic rings. The number of carbonyl (C=O) groups excluding carboxylic acids is 1. The van der Waals surface area contributed by atoms with E-state index in [4.69, 9.17) is 0 Å². The Morgan fingerprint density at radius 2 is 1.85 bits per heavy atom. The summed E-state index contributed by atoms with van der Waals surface area (Å²) in [6.07, 6.45) is 7.72. The van der Waals surface area contributed by atoms with E-state index in [1.165, 1.54) is 29.2 Å². The molecule has 174 valence electrons. The van der Waals surface area contributed by atoms with Crippen molar-refractivity contribution < 1.29 is 14.3 Å². The van der Waals surface area contributed by atoms with Gasteiger partial charge in [-0.15, -0.1) is 0 Å². The molecule has 0 unspecified atom stereocenters. The average molecular weight is 450 g/mol. The fraction of sp³-hybridized carbons (Fsp3) is 0.444. The minimum atomic E-state index is -0.432. The molecule has 1 aliphatic carbocycles. The number of benzene rings is 2. The first-order chi connectivity index (χ1) is 16.2. The van der Waals surface area contributed by atoms with Crippen LogP contribution in [0.2, 0.25) is 0 Å². The first kappa shape index (κ1) is 22.1. The van der Waals surface area contributed by atoms with E-state index >= 15 is 0 Å². The lowest BCUT2D eigenvalue weighted by atomic mass is 9.74. The summed E-state index contributed by atoms with van der Waals surface area (Å²) in [4.78, 5) is 17.2. The number of aliphatic hydroxyl groups is 1. The number of amides is 2. The molecule has 2 heterocycles. The van der Waals surface area contributed by atoms with Crippen LogP contribution in [0.5, 0.6) is 0 Å². The third-order valence-electron chi connectivity index (χ3n) is 7.48. The van der Waals surface area contributed by atoms with Crippen molar-refractivity contribution in [1.29, 1.82) is 0 Å². The van der Waals surface area contributed by atoms with E-state index in [2.05, 4.69) is 40.6 Å². The summed E-state index contributed by atoms with van der Waals surface area (Å²) >= 11 is 0. The highest BCUT2D eigenvalue weighted by molar-refractivity contribution is 5.89. The highest BCUT2D eigenvalue weighted by atomic mass is 19.1. The van der Waals surface area contributed by atoms with Crippen LogP contribution < -0.4 is 5.32 Å². The number of aliphatic hydroxyl groups excluding tert-OH is 1. The Morgan fingerprint density at radius 1 is 1.06 bits per heavy atom. The van der Waals surface area contributed by atoms with Crippen LogP contribution in [0.4, 0.5) is 14.9 Å². The number of hydrogen-bond acceptors (Lipinski definition) is 3. The lowest BCUT2D eigenvalue weighted by Crippen LogP contribution is -2.68. The van der Waals surface area contributed by atoms with Gasteiger partial charge in [0.15, 0.2) is 0 Å². The Kier molecular flexibility index (Phi) is 6.47. The number of fused-ring (bicyclic) bond motifs is 1. The summed E-state index contributed by atoms with van der Waals surface area (Å²) in [6, 6.07) is 15.0. The van der Waals surface area contributed by atoms with Gasteiger partial charge in [-0.3, -0.25) is 4.90 Å². The van der Waals surface area contributed by atoms with Gasteiger partial charge in [0, 0.05) is 31.1 Å². The minimum absolute atomic E-state index is 0.0705. The maximum absolute atomic E-state index is 14.1. The molecule has 2 aromatic carbocycles. The van der Waals surface area contributed by atoms with Gasteiger partial charge >= 0.3 is 6.03 Å². The van der Waals surface area contributed by atoms with Gasteiger partial charge in [0.05, 0.1) is 12.3 Å². The van der Waals surface area contributed by atoms with Crippen molar-refractivity contribution in [2.24, 2.45) is 0 Å². The number of nitrogens with one attached hydrogen (secondary N) is 1. The molecule has 5 rings (SSSR count). The number of carbonyl (C=O) groups is 1. The number of rotatable bonds is 4. The lowest BCUT2D eigenvalue weighted by molar-refractivity contribution is -0.0585. The van der Waals surface area contributed by atoms with Gasteiger partial charge in [0.2, 0.25) is 0 Å². The van der Waals surface area contributed by atoms with E-state index in [1.807, 2.05) is 4.90 Å². The average Bonchev–Trinajstić information content (AvgIpc) is 3.35. The molecule has 2 aliphatic heterocycles. The summed E-state index contributed by atoms with van der Waals surface area (Å²) in [6.45, 7) is 2.25. The molecule has 5 nitrogen and oxygen atoms in total. The summed E-state index contributed by atoms with van der Waals surface area (Å²) in [5.74, 6) is -0.262. The second-order valence-electron chi connectivity index (χ2n) is 9.39. The van der Waals surface area contributed by atoms with E-state index in [9.17, 15) is 14.3 Å². The Balaban J connectivity index is 1.34. The molecule has 2 aromatic rings. The fourth-order valence-electron chi connectivity index (χ4n) is 5.73. The predicted octanol–water partition coefficient (Wildman–Crippen LogP) is 4.85. The largest absolute Gasteiger partial charge is 0.395 e. The summed E-state index contributed by atoms with van der Waals surface area (Å²) < 4.78 is 14.1. The van der Waals surface area contributed by atoms with Crippen molar-refractivity contribution in [2.75, 3.05) is 31.6 Å². The van der Waals surface area contributed by atoms with Crippen molar-refractivity contribution in [3.63, 3.8) is 0 Å². The molecule has 2 amide bonds. The van der Waals surface area contributed by atoms with Crippen LogP contribution in [-0.2, 0) is 0 Å². The van der Waals surface area contributed by atoms with E-state index in [0.29, 0.717) is 13.1 Å². The first-order valence-electron chi connectivity index (χ1n) is 12.1. The number of allylic oxidation sites excluding steroid dienone is 2.